The maximum atomic E-state index is 12.5. The first-order valence-electron chi connectivity index (χ1n) is 8.94. The fraction of sp³-hybridized carbons (Fsp3) is 0.400. The Balaban J connectivity index is 1.71. The Morgan fingerprint density at radius 3 is 2.36 bits per heavy atom. The van der Waals surface area contributed by atoms with Crippen molar-refractivity contribution in [2.75, 3.05) is 22.7 Å². The van der Waals surface area contributed by atoms with Gasteiger partial charge in [0.25, 0.3) is 10.0 Å². The van der Waals surface area contributed by atoms with Gasteiger partial charge in [0.15, 0.2) is 0 Å². The molecule has 0 aromatic heterocycles. The number of hydrogen-bond donors (Lipinski definition) is 1. The lowest BCUT2D eigenvalue weighted by Crippen LogP contribution is -2.34. The van der Waals surface area contributed by atoms with E-state index in [1.165, 1.54) is 12.8 Å². The van der Waals surface area contributed by atoms with Crippen LogP contribution in [0.3, 0.4) is 0 Å². The lowest BCUT2D eigenvalue weighted by molar-refractivity contribution is 0.447. The van der Waals surface area contributed by atoms with Crippen molar-refractivity contribution < 1.29 is 8.42 Å². The van der Waals surface area contributed by atoms with Crippen molar-refractivity contribution in [3.8, 4) is 0 Å². The normalized spacial score (nSPS) is 18.2. The second-order valence-electron chi connectivity index (χ2n) is 6.84. The Kier molecular flexibility index (Phi) is 5.33. The third-order valence-corrected chi connectivity index (χ3v) is 6.18. The van der Waals surface area contributed by atoms with Gasteiger partial charge in [-0.1, -0.05) is 26.0 Å². The number of sulfonamides is 1. The summed E-state index contributed by atoms with van der Waals surface area (Å²) in [6.07, 6.45) is 3.39. The highest BCUT2D eigenvalue weighted by atomic mass is 32.2. The SMILES string of the molecule is CCc1ccc(S(=O)(=O)Nc2ccc(N3CCCC(C)C3)cc2)cc1. The molecule has 4 nitrogen and oxygen atoms in total. The topological polar surface area (TPSA) is 49.4 Å². The molecule has 2 aromatic carbocycles. The highest BCUT2D eigenvalue weighted by molar-refractivity contribution is 7.92. The van der Waals surface area contributed by atoms with Crippen LogP contribution >= 0.6 is 0 Å². The van der Waals surface area contributed by atoms with E-state index in [2.05, 4.69) is 16.5 Å². The molecule has 1 aliphatic rings. The maximum Gasteiger partial charge on any atom is 0.261 e. The molecule has 0 amide bonds. The molecule has 0 aliphatic carbocycles. The van der Waals surface area contributed by atoms with E-state index in [1.807, 2.05) is 43.3 Å². The summed E-state index contributed by atoms with van der Waals surface area (Å²) in [4.78, 5) is 2.66. The molecule has 2 aromatic rings. The van der Waals surface area contributed by atoms with Crippen molar-refractivity contribution in [3.63, 3.8) is 0 Å². The van der Waals surface area contributed by atoms with Gasteiger partial charge in [-0.15, -0.1) is 0 Å². The lowest BCUT2D eigenvalue weighted by Gasteiger charge is -2.32. The zero-order chi connectivity index (χ0) is 17.9. The Labute approximate surface area is 150 Å². The summed E-state index contributed by atoms with van der Waals surface area (Å²) < 4.78 is 27.7. The second-order valence-corrected chi connectivity index (χ2v) is 8.53. The largest absolute Gasteiger partial charge is 0.371 e. The number of rotatable bonds is 5. The van der Waals surface area contributed by atoms with Crippen LogP contribution in [-0.2, 0) is 16.4 Å². The second kappa shape index (κ2) is 7.48. The summed E-state index contributed by atoms with van der Waals surface area (Å²) in [6.45, 7) is 6.46. The van der Waals surface area contributed by atoms with Gasteiger partial charge in [0.1, 0.15) is 0 Å². The summed E-state index contributed by atoms with van der Waals surface area (Å²) in [5.74, 6) is 0.707. The fourth-order valence-electron chi connectivity index (χ4n) is 3.28. The summed E-state index contributed by atoms with van der Waals surface area (Å²) in [5, 5.41) is 0. The van der Waals surface area contributed by atoms with Gasteiger partial charge in [0, 0.05) is 24.5 Å². The van der Waals surface area contributed by atoms with Gasteiger partial charge in [-0.25, -0.2) is 8.42 Å². The van der Waals surface area contributed by atoms with Crippen molar-refractivity contribution in [2.45, 2.75) is 38.0 Å². The van der Waals surface area contributed by atoms with Crippen LogP contribution in [0.4, 0.5) is 11.4 Å². The molecule has 1 unspecified atom stereocenters. The monoisotopic (exact) mass is 358 g/mol. The van der Waals surface area contributed by atoms with Crippen LogP contribution in [0.5, 0.6) is 0 Å². The number of piperidine rings is 1. The minimum absolute atomic E-state index is 0.290. The highest BCUT2D eigenvalue weighted by Crippen LogP contribution is 2.25. The number of nitrogens with one attached hydrogen (secondary N) is 1. The summed E-state index contributed by atoms with van der Waals surface area (Å²) in [7, 11) is -3.55. The van der Waals surface area contributed by atoms with E-state index < -0.39 is 10.0 Å². The van der Waals surface area contributed by atoms with Crippen LogP contribution in [0.25, 0.3) is 0 Å². The van der Waals surface area contributed by atoms with Crippen LogP contribution in [0, 0.1) is 5.92 Å². The van der Waals surface area contributed by atoms with Gasteiger partial charge in [0.2, 0.25) is 0 Å². The molecule has 0 saturated carbocycles. The molecule has 1 aliphatic heterocycles. The molecule has 1 atom stereocenters. The molecular weight excluding hydrogens is 332 g/mol. The molecule has 134 valence electrons. The Morgan fingerprint density at radius 1 is 1.08 bits per heavy atom. The van der Waals surface area contributed by atoms with Crippen molar-refractivity contribution in [2.24, 2.45) is 5.92 Å². The first kappa shape index (κ1) is 17.8. The fourth-order valence-corrected chi connectivity index (χ4v) is 4.34. The molecular formula is C20H26N2O2S. The molecule has 0 spiro atoms. The van der Waals surface area contributed by atoms with E-state index in [9.17, 15) is 8.42 Å². The zero-order valence-corrected chi connectivity index (χ0v) is 15.7. The smallest absolute Gasteiger partial charge is 0.261 e. The zero-order valence-electron chi connectivity index (χ0n) is 14.9. The van der Waals surface area contributed by atoms with Crippen molar-refractivity contribution in [1.82, 2.24) is 0 Å². The number of benzene rings is 2. The van der Waals surface area contributed by atoms with E-state index in [0.29, 0.717) is 16.5 Å². The predicted molar refractivity (Wildman–Crippen MR) is 104 cm³/mol. The Bertz CT molecular complexity index is 799. The standard InChI is InChI=1S/C20H26N2O2S/c1-3-17-6-12-20(13-7-17)25(23,24)21-18-8-10-19(11-9-18)22-14-4-5-16(2)15-22/h6-13,16,21H,3-5,14-15H2,1-2H3. The van der Waals surface area contributed by atoms with Crippen LogP contribution in [0.1, 0.15) is 32.3 Å². The number of aryl methyl sites for hydroxylation is 1. The van der Waals surface area contributed by atoms with E-state index in [4.69, 9.17) is 0 Å². The molecule has 1 heterocycles. The minimum Gasteiger partial charge on any atom is -0.371 e. The number of anilines is 2. The molecule has 0 radical (unpaired) electrons. The summed E-state index contributed by atoms with van der Waals surface area (Å²) in [5.41, 5.74) is 2.87. The van der Waals surface area contributed by atoms with Crippen molar-refractivity contribution >= 4 is 21.4 Å². The quantitative estimate of drug-likeness (QED) is 0.867. The molecule has 3 rings (SSSR count). The van der Waals surface area contributed by atoms with Crippen LogP contribution < -0.4 is 9.62 Å². The maximum absolute atomic E-state index is 12.5. The molecule has 0 bridgehead atoms. The van der Waals surface area contributed by atoms with E-state index in [1.54, 1.807) is 12.1 Å². The number of nitrogens with zero attached hydrogens (tertiary/aromatic N) is 1. The average Bonchev–Trinajstić information content (AvgIpc) is 2.62. The van der Waals surface area contributed by atoms with E-state index in [-0.39, 0.29) is 0 Å². The van der Waals surface area contributed by atoms with Gasteiger partial charge in [-0.05, 0) is 67.1 Å². The molecule has 1 saturated heterocycles. The lowest BCUT2D eigenvalue weighted by atomic mass is 10.00. The third-order valence-electron chi connectivity index (χ3n) is 4.78. The summed E-state index contributed by atoms with van der Waals surface area (Å²) >= 11 is 0. The predicted octanol–water partition coefficient (Wildman–Crippen LogP) is 4.29. The molecule has 25 heavy (non-hydrogen) atoms. The highest BCUT2D eigenvalue weighted by Gasteiger charge is 2.17. The van der Waals surface area contributed by atoms with E-state index in [0.717, 1.165) is 30.8 Å². The van der Waals surface area contributed by atoms with Gasteiger partial charge < -0.3 is 4.90 Å². The van der Waals surface area contributed by atoms with Gasteiger partial charge in [0.05, 0.1) is 4.90 Å². The molecule has 1 fully saturated rings. The van der Waals surface area contributed by atoms with Gasteiger partial charge in [-0.2, -0.15) is 0 Å². The van der Waals surface area contributed by atoms with E-state index >= 15 is 0 Å². The first-order valence-corrected chi connectivity index (χ1v) is 10.4. The molecule has 1 N–H and O–H groups in total. The minimum atomic E-state index is -3.55. The Hall–Kier alpha value is -2.01. The van der Waals surface area contributed by atoms with Gasteiger partial charge in [-0.3, -0.25) is 4.72 Å². The number of hydrogen-bond acceptors (Lipinski definition) is 3. The average molecular weight is 359 g/mol. The van der Waals surface area contributed by atoms with Crippen LogP contribution in [0.2, 0.25) is 0 Å². The Morgan fingerprint density at radius 2 is 1.76 bits per heavy atom. The first-order chi connectivity index (χ1) is 12.0. The van der Waals surface area contributed by atoms with Crippen LogP contribution in [0.15, 0.2) is 53.4 Å². The molecule has 5 heteroatoms. The van der Waals surface area contributed by atoms with Crippen molar-refractivity contribution in [3.05, 3.63) is 54.1 Å². The third kappa shape index (κ3) is 4.34. The van der Waals surface area contributed by atoms with Gasteiger partial charge >= 0.3 is 0 Å². The summed E-state index contributed by atoms with van der Waals surface area (Å²) in [6, 6.07) is 14.7. The van der Waals surface area contributed by atoms with Crippen LogP contribution in [-0.4, -0.2) is 21.5 Å². The van der Waals surface area contributed by atoms with Crippen molar-refractivity contribution in [1.29, 1.82) is 0 Å².